The standard InChI is InChI=1S/C14H21N/c1-5-6-7-11-10(2)14(8-9-14)13(3,4)12(11)15/h5-7,12H,1,8-9,15H2,2-4H3/b7-6-/t12-/m1/s1. The second kappa shape index (κ2) is 3.08. The molecule has 0 bridgehead atoms. The van der Waals surface area contributed by atoms with Crippen molar-refractivity contribution in [2.75, 3.05) is 0 Å². The minimum atomic E-state index is 0.177. The van der Waals surface area contributed by atoms with E-state index in [4.69, 9.17) is 5.73 Å². The maximum atomic E-state index is 6.36. The van der Waals surface area contributed by atoms with Gasteiger partial charge in [-0.15, -0.1) is 0 Å². The van der Waals surface area contributed by atoms with Gasteiger partial charge in [0.1, 0.15) is 0 Å². The summed E-state index contributed by atoms with van der Waals surface area (Å²) in [5, 5.41) is 0. The Kier molecular flexibility index (Phi) is 2.20. The van der Waals surface area contributed by atoms with Crippen molar-refractivity contribution in [2.24, 2.45) is 16.6 Å². The molecule has 0 unspecified atom stereocenters. The average molecular weight is 203 g/mol. The summed E-state index contributed by atoms with van der Waals surface area (Å²) in [4.78, 5) is 0. The summed E-state index contributed by atoms with van der Waals surface area (Å²) in [7, 11) is 0. The normalized spacial score (nSPS) is 31.6. The number of nitrogens with two attached hydrogens (primary N) is 1. The van der Waals surface area contributed by atoms with Crippen molar-refractivity contribution in [3.05, 3.63) is 36.0 Å². The summed E-state index contributed by atoms with van der Waals surface area (Å²) in [6.45, 7) is 10.6. The van der Waals surface area contributed by atoms with Gasteiger partial charge in [0.15, 0.2) is 0 Å². The van der Waals surface area contributed by atoms with Crippen molar-refractivity contribution < 1.29 is 0 Å². The van der Waals surface area contributed by atoms with Crippen LogP contribution in [-0.4, -0.2) is 6.04 Å². The Hall–Kier alpha value is -0.820. The zero-order valence-corrected chi connectivity index (χ0v) is 10.0. The van der Waals surface area contributed by atoms with Crippen LogP contribution in [0.4, 0.5) is 0 Å². The molecule has 0 heterocycles. The topological polar surface area (TPSA) is 26.0 Å². The van der Waals surface area contributed by atoms with Crippen LogP contribution in [0.1, 0.15) is 33.6 Å². The molecule has 2 rings (SSSR count). The fraction of sp³-hybridized carbons (Fsp3) is 0.571. The molecule has 1 fully saturated rings. The molecule has 2 aliphatic rings. The molecule has 2 N–H and O–H groups in total. The van der Waals surface area contributed by atoms with Crippen molar-refractivity contribution in [1.29, 1.82) is 0 Å². The number of rotatable bonds is 2. The first-order valence-electron chi connectivity index (χ1n) is 5.73. The highest BCUT2D eigenvalue weighted by atomic mass is 14.8. The lowest BCUT2D eigenvalue weighted by Crippen LogP contribution is -2.39. The number of hydrogen-bond donors (Lipinski definition) is 1. The fourth-order valence-corrected chi connectivity index (χ4v) is 3.22. The van der Waals surface area contributed by atoms with E-state index in [1.807, 2.05) is 12.2 Å². The van der Waals surface area contributed by atoms with E-state index in [0.29, 0.717) is 5.41 Å². The second-order valence-electron chi connectivity index (χ2n) is 5.46. The molecule has 1 atom stereocenters. The minimum absolute atomic E-state index is 0.177. The molecule has 0 saturated heterocycles. The molecule has 1 heteroatoms. The van der Waals surface area contributed by atoms with Gasteiger partial charge in [0.2, 0.25) is 0 Å². The lowest BCUT2D eigenvalue weighted by atomic mass is 9.73. The van der Waals surface area contributed by atoms with Crippen molar-refractivity contribution in [3.8, 4) is 0 Å². The predicted octanol–water partition coefficient (Wildman–Crippen LogP) is 3.19. The van der Waals surface area contributed by atoms with Crippen LogP contribution in [-0.2, 0) is 0 Å². The van der Waals surface area contributed by atoms with Crippen LogP contribution in [0.2, 0.25) is 0 Å². The van der Waals surface area contributed by atoms with Gasteiger partial charge in [0.05, 0.1) is 0 Å². The maximum Gasteiger partial charge on any atom is 0.0354 e. The largest absolute Gasteiger partial charge is 0.323 e. The Morgan fingerprint density at radius 1 is 1.40 bits per heavy atom. The van der Waals surface area contributed by atoms with Gasteiger partial charge in [0, 0.05) is 6.04 Å². The van der Waals surface area contributed by atoms with Gasteiger partial charge in [-0.3, -0.25) is 0 Å². The molecule has 15 heavy (non-hydrogen) atoms. The van der Waals surface area contributed by atoms with Gasteiger partial charge in [0.25, 0.3) is 0 Å². The predicted molar refractivity (Wildman–Crippen MR) is 65.5 cm³/mol. The summed E-state index contributed by atoms with van der Waals surface area (Å²) < 4.78 is 0. The monoisotopic (exact) mass is 203 g/mol. The molecule has 82 valence electrons. The molecule has 1 nitrogen and oxygen atoms in total. The summed E-state index contributed by atoms with van der Waals surface area (Å²) in [5.74, 6) is 0. The zero-order valence-electron chi connectivity index (χ0n) is 10.0. The van der Waals surface area contributed by atoms with Gasteiger partial charge >= 0.3 is 0 Å². The van der Waals surface area contributed by atoms with Crippen molar-refractivity contribution in [3.63, 3.8) is 0 Å². The van der Waals surface area contributed by atoms with Gasteiger partial charge in [-0.25, -0.2) is 0 Å². The molecule has 0 aliphatic heterocycles. The van der Waals surface area contributed by atoms with E-state index in [1.165, 1.54) is 24.0 Å². The van der Waals surface area contributed by atoms with Crippen LogP contribution < -0.4 is 5.73 Å². The summed E-state index contributed by atoms with van der Waals surface area (Å²) in [6.07, 6.45) is 8.58. The third-order valence-corrected chi connectivity index (χ3v) is 4.66. The van der Waals surface area contributed by atoms with Crippen molar-refractivity contribution in [1.82, 2.24) is 0 Å². The van der Waals surface area contributed by atoms with E-state index >= 15 is 0 Å². The quantitative estimate of drug-likeness (QED) is 0.685. The van der Waals surface area contributed by atoms with Gasteiger partial charge in [-0.2, -0.15) is 0 Å². The zero-order chi connectivity index (χ0) is 11.3. The first kappa shape index (κ1) is 10.7. The second-order valence-corrected chi connectivity index (χ2v) is 5.46. The van der Waals surface area contributed by atoms with Gasteiger partial charge < -0.3 is 5.73 Å². The number of hydrogen-bond acceptors (Lipinski definition) is 1. The van der Waals surface area contributed by atoms with Crippen molar-refractivity contribution >= 4 is 0 Å². The summed E-state index contributed by atoms with van der Waals surface area (Å²) in [6, 6.07) is 0.177. The molecule has 0 aromatic heterocycles. The molecule has 1 spiro atoms. The minimum Gasteiger partial charge on any atom is -0.323 e. The number of allylic oxidation sites excluding steroid dienone is 3. The molecule has 2 aliphatic carbocycles. The lowest BCUT2D eigenvalue weighted by Gasteiger charge is -2.33. The van der Waals surface area contributed by atoms with Gasteiger partial charge in [-0.1, -0.05) is 44.2 Å². The molecule has 0 aromatic carbocycles. The Labute approximate surface area is 92.7 Å². The third-order valence-electron chi connectivity index (χ3n) is 4.66. The highest BCUT2D eigenvalue weighted by Crippen LogP contribution is 2.69. The Balaban J connectivity index is 2.42. The van der Waals surface area contributed by atoms with E-state index in [2.05, 4.69) is 33.4 Å². The van der Waals surface area contributed by atoms with Crippen LogP contribution in [0.5, 0.6) is 0 Å². The third kappa shape index (κ3) is 1.19. The molecule has 0 aromatic rings. The van der Waals surface area contributed by atoms with Crippen LogP contribution in [0.15, 0.2) is 36.0 Å². The van der Waals surface area contributed by atoms with E-state index in [-0.39, 0.29) is 11.5 Å². The highest BCUT2D eigenvalue weighted by molar-refractivity contribution is 5.47. The first-order chi connectivity index (χ1) is 6.97. The average Bonchev–Trinajstić information content (AvgIpc) is 2.95. The van der Waals surface area contributed by atoms with Gasteiger partial charge in [-0.05, 0) is 36.2 Å². The van der Waals surface area contributed by atoms with E-state index < -0.39 is 0 Å². The van der Waals surface area contributed by atoms with Crippen LogP contribution in [0.3, 0.4) is 0 Å². The Bertz CT molecular complexity index is 354. The van der Waals surface area contributed by atoms with Crippen molar-refractivity contribution in [2.45, 2.75) is 39.7 Å². The molecule has 1 saturated carbocycles. The maximum absolute atomic E-state index is 6.36. The molecular weight excluding hydrogens is 182 g/mol. The summed E-state index contributed by atoms with van der Waals surface area (Å²) >= 11 is 0. The fourth-order valence-electron chi connectivity index (χ4n) is 3.22. The summed E-state index contributed by atoms with van der Waals surface area (Å²) in [5.41, 5.74) is 9.83. The van der Waals surface area contributed by atoms with E-state index in [0.717, 1.165) is 0 Å². The van der Waals surface area contributed by atoms with Crippen LogP contribution in [0, 0.1) is 10.8 Å². The molecule has 0 amide bonds. The Morgan fingerprint density at radius 3 is 2.40 bits per heavy atom. The first-order valence-corrected chi connectivity index (χ1v) is 5.73. The SMILES string of the molecule is C=C/C=C\C1=C(C)C2(CC2)C(C)(C)[C@@H]1N. The molecular formula is C14H21N. The van der Waals surface area contributed by atoms with Crippen LogP contribution >= 0.6 is 0 Å². The molecule has 0 radical (unpaired) electrons. The smallest absolute Gasteiger partial charge is 0.0354 e. The van der Waals surface area contributed by atoms with Crippen LogP contribution in [0.25, 0.3) is 0 Å². The van der Waals surface area contributed by atoms with E-state index in [9.17, 15) is 0 Å². The van der Waals surface area contributed by atoms with E-state index in [1.54, 1.807) is 0 Å². The lowest BCUT2D eigenvalue weighted by molar-refractivity contribution is 0.223. The Morgan fingerprint density at radius 2 is 2.00 bits per heavy atom. The highest BCUT2D eigenvalue weighted by Gasteiger charge is 2.62.